The van der Waals surface area contributed by atoms with E-state index in [1.807, 2.05) is 18.2 Å². The highest BCUT2D eigenvalue weighted by molar-refractivity contribution is 7.25. The number of benzene rings is 8. The molecule has 4 nitrogen and oxygen atoms in total. The maximum absolute atomic E-state index is 5.15. The van der Waals surface area contributed by atoms with Crippen LogP contribution in [-0.4, -0.2) is 19.5 Å². The molecule has 0 fully saturated rings. The first-order valence-electron chi connectivity index (χ1n) is 18.8. The van der Waals surface area contributed by atoms with E-state index < -0.39 is 0 Å². The summed E-state index contributed by atoms with van der Waals surface area (Å²) in [6.07, 6.45) is 0. The minimum absolute atomic E-state index is 0.633. The molecule has 0 bridgehead atoms. The summed E-state index contributed by atoms with van der Waals surface area (Å²) in [5.41, 5.74) is 11.0. The lowest BCUT2D eigenvalue weighted by Crippen LogP contribution is -2.01. The third kappa shape index (κ3) is 5.56. The molecule has 11 rings (SSSR count). The van der Waals surface area contributed by atoms with Crippen molar-refractivity contribution in [3.8, 4) is 62.1 Å². The molecular weight excluding hydrogens is 701 g/mol. The van der Waals surface area contributed by atoms with Crippen molar-refractivity contribution in [3.63, 3.8) is 0 Å². The van der Waals surface area contributed by atoms with E-state index in [0.717, 1.165) is 33.4 Å². The molecule has 5 heteroatoms. The number of aromatic nitrogens is 4. The Morgan fingerprint density at radius 2 is 0.839 bits per heavy atom. The summed E-state index contributed by atoms with van der Waals surface area (Å²) in [5.74, 6) is 1.93. The van der Waals surface area contributed by atoms with Gasteiger partial charge in [-0.15, -0.1) is 11.3 Å². The van der Waals surface area contributed by atoms with Gasteiger partial charge in [0, 0.05) is 53.3 Å². The Bertz CT molecular complexity index is 3250. The molecule has 11 aromatic rings. The largest absolute Gasteiger partial charge is 0.309 e. The smallest absolute Gasteiger partial charge is 0.164 e. The van der Waals surface area contributed by atoms with Crippen LogP contribution in [0.2, 0.25) is 0 Å². The van der Waals surface area contributed by atoms with Crippen molar-refractivity contribution in [3.05, 3.63) is 194 Å². The molecule has 0 N–H and O–H groups in total. The second-order valence-electron chi connectivity index (χ2n) is 14.1. The molecular formula is C51H32N4S. The van der Waals surface area contributed by atoms with E-state index in [1.54, 1.807) is 11.3 Å². The van der Waals surface area contributed by atoms with Crippen molar-refractivity contribution in [2.24, 2.45) is 0 Å². The van der Waals surface area contributed by atoms with Crippen LogP contribution in [-0.2, 0) is 0 Å². The van der Waals surface area contributed by atoms with Crippen molar-refractivity contribution >= 4 is 53.3 Å². The molecule has 56 heavy (non-hydrogen) atoms. The van der Waals surface area contributed by atoms with Gasteiger partial charge in [0.15, 0.2) is 17.5 Å². The second-order valence-corrected chi connectivity index (χ2v) is 15.1. The lowest BCUT2D eigenvalue weighted by atomic mass is 9.98. The zero-order valence-corrected chi connectivity index (χ0v) is 31.0. The molecule has 262 valence electrons. The third-order valence-electron chi connectivity index (χ3n) is 10.6. The summed E-state index contributed by atoms with van der Waals surface area (Å²) in [6, 6.07) is 68.7. The number of thiophene rings is 1. The predicted molar refractivity (Wildman–Crippen MR) is 234 cm³/mol. The highest BCUT2D eigenvalue weighted by Crippen LogP contribution is 2.38. The first kappa shape index (κ1) is 32.2. The number of para-hydroxylation sites is 1. The van der Waals surface area contributed by atoms with Crippen LogP contribution in [0.3, 0.4) is 0 Å². The molecule has 0 aliphatic heterocycles. The van der Waals surface area contributed by atoms with Gasteiger partial charge in [0.25, 0.3) is 0 Å². The van der Waals surface area contributed by atoms with E-state index >= 15 is 0 Å². The summed E-state index contributed by atoms with van der Waals surface area (Å²) < 4.78 is 4.84. The fourth-order valence-electron chi connectivity index (χ4n) is 7.94. The lowest BCUT2D eigenvalue weighted by Gasteiger charge is -2.12. The molecule has 0 saturated carbocycles. The number of hydrogen-bond acceptors (Lipinski definition) is 4. The Hall–Kier alpha value is -7.21. The average molecular weight is 733 g/mol. The second kappa shape index (κ2) is 13.3. The van der Waals surface area contributed by atoms with Crippen molar-refractivity contribution in [1.82, 2.24) is 19.5 Å². The van der Waals surface area contributed by atoms with Crippen LogP contribution in [0.25, 0.3) is 104 Å². The average Bonchev–Trinajstić information content (AvgIpc) is 3.82. The Balaban J connectivity index is 1.04. The van der Waals surface area contributed by atoms with Crippen molar-refractivity contribution in [2.75, 3.05) is 0 Å². The number of rotatable bonds is 6. The fourth-order valence-corrected chi connectivity index (χ4v) is 9.08. The fraction of sp³-hybridized carbons (Fsp3) is 0. The molecule has 3 aromatic heterocycles. The summed E-state index contributed by atoms with van der Waals surface area (Å²) >= 11 is 1.80. The summed E-state index contributed by atoms with van der Waals surface area (Å²) in [6.45, 7) is 0. The van der Waals surface area contributed by atoms with Crippen LogP contribution in [0, 0.1) is 0 Å². The summed E-state index contributed by atoms with van der Waals surface area (Å²) in [4.78, 5) is 15.3. The van der Waals surface area contributed by atoms with E-state index in [0.29, 0.717) is 17.5 Å². The highest BCUT2D eigenvalue weighted by Gasteiger charge is 2.17. The van der Waals surface area contributed by atoms with Gasteiger partial charge in [-0.1, -0.05) is 146 Å². The molecule has 0 amide bonds. The summed E-state index contributed by atoms with van der Waals surface area (Å²) in [5, 5.41) is 4.94. The van der Waals surface area contributed by atoms with Crippen LogP contribution in [0.5, 0.6) is 0 Å². The Morgan fingerprint density at radius 1 is 0.304 bits per heavy atom. The maximum atomic E-state index is 5.15. The number of fused-ring (bicyclic) bond motifs is 6. The van der Waals surface area contributed by atoms with Gasteiger partial charge < -0.3 is 4.57 Å². The van der Waals surface area contributed by atoms with E-state index in [2.05, 4.69) is 180 Å². The van der Waals surface area contributed by atoms with Crippen LogP contribution in [0.1, 0.15) is 0 Å². The standard InChI is InChI=1S/C51H32N4S/c1-3-13-33(14-4-1)35-17-11-18-36(29-35)37-26-28-46-44(31-37)41-21-7-9-23-45(41)55(46)40-20-12-19-38(30-40)50-52-49(34-15-5-2-6-16-34)53-51(54-50)39-25-27-43-42-22-8-10-24-47(42)56-48(43)32-39/h1-32H. The lowest BCUT2D eigenvalue weighted by molar-refractivity contribution is 1.07. The molecule has 0 unspecified atom stereocenters. The van der Waals surface area contributed by atoms with Gasteiger partial charge in [-0.3, -0.25) is 0 Å². The van der Waals surface area contributed by atoms with Crippen molar-refractivity contribution in [1.29, 1.82) is 0 Å². The Labute approximate surface area is 327 Å². The number of nitrogens with zero attached hydrogens (tertiary/aromatic N) is 4. The topological polar surface area (TPSA) is 43.6 Å². The van der Waals surface area contributed by atoms with E-state index in [9.17, 15) is 0 Å². The van der Waals surface area contributed by atoms with Crippen LogP contribution in [0.15, 0.2) is 194 Å². The van der Waals surface area contributed by atoms with Gasteiger partial charge in [-0.25, -0.2) is 15.0 Å². The zero-order chi connectivity index (χ0) is 37.0. The third-order valence-corrected chi connectivity index (χ3v) is 11.8. The first-order chi connectivity index (χ1) is 27.7. The molecule has 0 atom stereocenters. The van der Waals surface area contributed by atoms with Crippen LogP contribution in [0.4, 0.5) is 0 Å². The molecule has 8 aromatic carbocycles. The van der Waals surface area contributed by atoms with Gasteiger partial charge in [0.2, 0.25) is 0 Å². The van der Waals surface area contributed by atoms with Crippen molar-refractivity contribution < 1.29 is 0 Å². The Kier molecular flexibility index (Phi) is 7.64. The minimum Gasteiger partial charge on any atom is -0.309 e. The minimum atomic E-state index is 0.633. The van der Waals surface area contributed by atoms with E-state index in [4.69, 9.17) is 15.0 Å². The van der Waals surface area contributed by atoms with Crippen LogP contribution < -0.4 is 0 Å². The highest BCUT2D eigenvalue weighted by atomic mass is 32.1. The van der Waals surface area contributed by atoms with Gasteiger partial charge in [0.1, 0.15) is 0 Å². The quantitative estimate of drug-likeness (QED) is 0.171. The molecule has 0 aliphatic rings. The van der Waals surface area contributed by atoms with Gasteiger partial charge >= 0.3 is 0 Å². The van der Waals surface area contributed by atoms with Gasteiger partial charge in [0.05, 0.1) is 11.0 Å². The molecule has 0 spiro atoms. The van der Waals surface area contributed by atoms with Gasteiger partial charge in [-0.2, -0.15) is 0 Å². The van der Waals surface area contributed by atoms with E-state index in [-0.39, 0.29) is 0 Å². The van der Waals surface area contributed by atoms with Crippen molar-refractivity contribution in [2.45, 2.75) is 0 Å². The molecule has 0 aliphatic carbocycles. The van der Waals surface area contributed by atoms with E-state index in [1.165, 1.54) is 53.2 Å². The summed E-state index contributed by atoms with van der Waals surface area (Å²) in [7, 11) is 0. The maximum Gasteiger partial charge on any atom is 0.164 e. The first-order valence-corrected chi connectivity index (χ1v) is 19.6. The SMILES string of the molecule is c1ccc(-c2cccc(-c3ccc4c(c3)c3ccccc3n4-c3cccc(-c4nc(-c5ccccc5)nc(-c5ccc6c(c5)sc5ccccc56)n4)c3)c2)cc1. The normalized spacial score (nSPS) is 11.6. The monoisotopic (exact) mass is 732 g/mol. The molecule has 0 radical (unpaired) electrons. The molecule has 0 saturated heterocycles. The zero-order valence-electron chi connectivity index (χ0n) is 30.2. The van der Waals surface area contributed by atoms with Crippen LogP contribution >= 0.6 is 11.3 Å². The molecule has 3 heterocycles. The Morgan fingerprint density at radius 3 is 1.64 bits per heavy atom. The number of hydrogen-bond donors (Lipinski definition) is 0. The predicted octanol–water partition coefficient (Wildman–Crippen LogP) is 13.7. The van der Waals surface area contributed by atoms with Gasteiger partial charge in [-0.05, 0) is 70.8 Å².